The number of carboxylic acids is 1. The van der Waals surface area contributed by atoms with Crippen molar-refractivity contribution in [1.29, 1.82) is 0 Å². The van der Waals surface area contributed by atoms with Crippen molar-refractivity contribution in [3.63, 3.8) is 0 Å². The van der Waals surface area contributed by atoms with Crippen LogP contribution in [0.5, 0.6) is 0 Å². The van der Waals surface area contributed by atoms with E-state index < -0.39 is 17.8 Å². The molecule has 18 heavy (non-hydrogen) atoms. The molecule has 0 bridgehead atoms. The van der Waals surface area contributed by atoms with Crippen molar-refractivity contribution in [2.45, 2.75) is 39.7 Å². The summed E-state index contributed by atoms with van der Waals surface area (Å²) in [6, 6.07) is -0.146. The molecular weight excluding hydrogens is 234 g/mol. The standard InChI is InChI=1S/C13H23NO4/c1-7-4-10(11(5-7)13(17)18)12(16)14-9(3)8(2)6-15/h7-11,15H,4-6H2,1-3H3,(H,14,16)(H,17,18)/t7?,8?,9?,10-,11+/m0/s1. The second-order valence-electron chi connectivity index (χ2n) is 5.58. The molecule has 1 fully saturated rings. The van der Waals surface area contributed by atoms with Gasteiger partial charge in [0.2, 0.25) is 5.91 Å². The van der Waals surface area contributed by atoms with Gasteiger partial charge >= 0.3 is 5.97 Å². The number of carboxylic acid groups (broad SMARTS) is 1. The van der Waals surface area contributed by atoms with Gasteiger partial charge in [-0.1, -0.05) is 13.8 Å². The third-order valence-corrected chi connectivity index (χ3v) is 3.96. The van der Waals surface area contributed by atoms with E-state index in [4.69, 9.17) is 10.2 Å². The van der Waals surface area contributed by atoms with E-state index in [9.17, 15) is 9.59 Å². The molecule has 0 aliphatic heterocycles. The molecular formula is C13H23NO4. The maximum absolute atomic E-state index is 12.1. The Kier molecular flexibility index (Phi) is 5.14. The highest BCUT2D eigenvalue weighted by molar-refractivity contribution is 5.85. The Hall–Kier alpha value is -1.10. The van der Waals surface area contributed by atoms with Gasteiger partial charge < -0.3 is 15.5 Å². The predicted molar refractivity (Wildman–Crippen MR) is 66.9 cm³/mol. The van der Waals surface area contributed by atoms with Crippen LogP contribution in [0.4, 0.5) is 0 Å². The number of aliphatic hydroxyl groups is 1. The molecule has 1 aliphatic carbocycles. The Bertz CT molecular complexity index is 318. The van der Waals surface area contributed by atoms with Crippen molar-refractivity contribution in [2.24, 2.45) is 23.7 Å². The van der Waals surface area contributed by atoms with E-state index in [2.05, 4.69) is 5.32 Å². The Balaban J connectivity index is 2.63. The van der Waals surface area contributed by atoms with Gasteiger partial charge in [-0.3, -0.25) is 9.59 Å². The molecule has 1 amide bonds. The highest BCUT2D eigenvalue weighted by Gasteiger charge is 2.41. The third-order valence-electron chi connectivity index (χ3n) is 3.96. The Morgan fingerprint density at radius 1 is 1.28 bits per heavy atom. The fourth-order valence-corrected chi connectivity index (χ4v) is 2.49. The highest BCUT2D eigenvalue weighted by Crippen LogP contribution is 2.36. The van der Waals surface area contributed by atoms with Gasteiger partial charge in [-0.15, -0.1) is 0 Å². The van der Waals surface area contributed by atoms with Gasteiger partial charge in [-0.25, -0.2) is 0 Å². The van der Waals surface area contributed by atoms with Crippen LogP contribution in [0.25, 0.3) is 0 Å². The number of nitrogens with one attached hydrogen (secondary N) is 1. The maximum atomic E-state index is 12.1. The van der Waals surface area contributed by atoms with Gasteiger partial charge in [-0.05, 0) is 31.6 Å². The molecule has 0 spiro atoms. The summed E-state index contributed by atoms with van der Waals surface area (Å²) in [6.07, 6.45) is 1.19. The molecule has 0 aromatic carbocycles. The Morgan fingerprint density at radius 3 is 2.33 bits per heavy atom. The molecule has 0 radical (unpaired) electrons. The lowest BCUT2D eigenvalue weighted by Gasteiger charge is -2.23. The van der Waals surface area contributed by atoms with E-state index >= 15 is 0 Å². The average molecular weight is 257 g/mol. The quantitative estimate of drug-likeness (QED) is 0.682. The molecule has 0 aromatic rings. The summed E-state index contributed by atoms with van der Waals surface area (Å²) in [5.41, 5.74) is 0. The fraction of sp³-hybridized carbons (Fsp3) is 0.846. The van der Waals surface area contributed by atoms with Crippen LogP contribution in [-0.2, 0) is 9.59 Å². The normalized spacial score (nSPS) is 30.8. The zero-order valence-electron chi connectivity index (χ0n) is 11.2. The number of amides is 1. The summed E-state index contributed by atoms with van der Waals surface area (Å²) < 4.78 is 0. The smallest absolute Gasteiger partial charge is 0.307 e. The lowest BCUT2D eigenvalue weighted by molar-refractivity contribution is -0.146. The van der Waals surface area contributed by atoms with E-state index in [0.717, 1.165) is 0 Å². The highest BCUT2D eigenvalue weighted by atomic mass is 16.4. The molecule has 3 unspecified atom stereocenters. The molecule has 1 saturated carbocycles. The van der Waals surface area contributed by atoms with Crippen LogP contribution in [0.15, 0.2) is 0 Å². The van der Waals surface area contributed by atoms with Gasteiger partial charge in [0.05, 0.1) is 11.8 Å². The predicted octanol–water partition coefficient (Wildman–Crippen LogP) is 0.866. The minimum absolute atomic E-state index is 0.00484. The number of carbonyl (C=O) groups is 2. The van der Waals surface area contributed by atoms with Crippen molar-refractivity contribution in [3.8, 4) is 0 Å². The van der Waals surface area contributed by atoms with Crippen LogP contribution < -0.4 is 5.32 Å². The first kappa shape index (κ1) is 15.0. The number of carbonyl (C=O) groups excluding carboxylic acids is 1. The molecule has 0 heterocycles. The van der Waals surface area contributed by atoms with Crippen molar-refractivity contribution in [2.75, 3.05) is 6.61 Å². The van der Waals surface area contributed by atoms with Gasteiger partial charge in [0.25, 0.3) is 0 Å². The Labute approximate surface area is 108 Å². The van der Waals surface area contributed by atoms with Gasteiger partial charge in [0, 0.05) is 12.6 Å². The number of aliphatic hydroxyl groups excluding tert-OH is 1. The molecule has 104 valence electrons. The molecule has 5 heteroatoms. The number of hydrogen-bond acceptors (Lipinski definition) is 3. The zero-order chi connectivity index (χ0) is 13.9. The molecule has 5 atom stereocenters. The second kappa shape index (κ2) is 6.18. The van der Waals surface area contributed by atoms with E-state index in [1.807, 2.05) is 20.8 Å². The number of aliphatic carboxylic acids is 1. The van der Waals surface area contributed by atoms with Crippen LogP contribution in [-0.4, -0.2) is 34.7 Å². The van der Waals surface area contributed by atoms with Crippen molar-refractivity contribution < 1.29 is 19.8 Å². The molecule has 3 N–H and O–H groups in total. The zero-order valence-corrected chi connectivity index (χ0v) is 11.2. The fourth-order valence-electron chi connectivity index (χ4n) is 2.49. The van der Waals surface area contributed by atoms with Gasteiger partial charge in [0.15, 0.2) is 0 Å². The lowest BCUT2D eigenvalue weighted by atomic mass is 9.94. The molecule has 0 saturated heterocycles. The van der Waals surface area contributed by atoms with Crippen molar-refractivity contribution in [1.82, 2.24) is 5.32 Å². The maximum Gasteiger partial charge on any atom is 0.307 e. The van der Waals surface area contributed by atoms with Crippen LogP contribution >= 0.6 is 0 Å². The van der Waals surface area contributed by atoms with E-state index in [0.29, 0.717) is 12.8 Å². The van der Waals surface area contributed by atoms with Gasteiger partial charge in [-0.2, -0.15) is 0 Å². The number of hydrogen-bond donors (Lipinski definition) is 3. The first-order chi connectivity index (χ1) is 8.36. The average Bonchev–Trinajstić information content (AvgIpc) is 2.70. The molecule has 1 rings (SSSR count). The minimum atomic E-state index is -0.887. The SMILES string of the molecule is CC1C[C@H](C(=O)NC(C)C(C)CO)[C@H](C(=O)O)C1. The summed E-state index contributed by atoms with van der Waals surface area (Å²) in [7, 11) is 0. The topological polar surface area (TPSA) is 86.6 Å². The van der Waals surface area contributed by atoms with E-state index in [1.54, 1.807) is 0 Å². The molecule has 5 nitrogen and oxygen atoms in total. The molecule has 1 aliphatic rings. The second-order valence-corrected chi connectivity index (χ2v) is 5.58. The lowest BCUT2D eigenvalue weighted by Crippen LogP contribution is -2.43. The van der Waals surface area contributed by atoms with Crippen LogP contribution in [0, 0.1) is 23.7 Å². The largest absolute Gasteiger partial charge is 0.481 e. The first-order valence-electron chi connectivity index (χ1n) is 6.50. The van der Waals surface area contributed by atoms with E-state index in [-0.39, 0.29) is 30.4 Å². The van der Waals surface area contributed by atoms with Crippen molar-refractivity contribution in [3.05, 3.63) is 0 Å². The minimum Gasteiger partial charge on any atom is -0.481 e. The van der Waals surface area contributed by atoms with Gasteiger partial charge in [0.1, 0.15) is 0 Å². The van der Waals surface area contributed by atoms with E-state index in [1.165, 1.54) is 0 Å². The summed E-state index contributed by atoms with van der Waals surface area (Å²) in [5, 5.41) is 21.0. The van der Waals surface area contributed by atoms with Crippen molar-refractivity contribution >= 4 is 11.9 Å². The molecule has 0 aromatic heterocycles. The summed E-state index contributed by atoms with van der Waals surface area (Å²) >= 11 is 0. The summed E-state index contributed by atoms with van der Waals surface area (Å²) in [5.74, 6) is -1.85. The van der Waals surface area contributed by atoms with Crippen LogP contribution in [0.2, 0.25) is 0 Å². The summed E-state index contributed by atoms with van der Waals surface area (Å²) in [6.45, 7) is 5.65. The van der Waals surface area contributed by atoms with Crippen LogP contribution in [0.3, 0.4) is 0 Å². The Morgan fingerprint density at radius 2 is 1.83 bits per heavy atom. The third kappa shape index (κ3) is 3.45. The number of rotatable bonds is 5. The first-order valence-corrected chi connectivity index (χ1v) is 6.50. The van der Waals surface area contributed by atoms with Crippen LogP contribution in [0.1, 0.15) is 33.6 Å². The summed E-state index contributed by atoms with van der Waals surface area (Å²) in [4.78, 5) is 23.2. The monoisotopic (exact) mass is 257 g/mol.